The summed E-state index contributed by atoms with van der Waals surface area (Å²) in [6.07, 6.45) is -8.85. The molecular formula is C27H30N2O12. The fourth-order valence-electron chi connectivity index (χ4n) is 4.12. The fraction of sp³-hybridized carbons (Fsp3) is 0.370. The number of phenolic OH excluding ortho intramolecular Hbond substituents is 3. The van der Waals surface area contributed by atoms with Gasteiger partial charge in [0.05, 0.1) is 6.10 Å². The van der Waals surface area contributed by atoms with Gasteiger partial charge in [-0.1, -0.05) is 0 Å². The van der Waals surface area contributed by atoms with E-state index >= 15 is 0 Å². The standard InChI is InChI=1S/C27H30N2O12/c1-12-21(40-26(35)28(2)3)24(41-27(36)29(4)5)20(34)25(37-12)39-23-19(33)18-16(32)10-15(31)11-17(18)38-22(23)13-6-8-14(30)9-7-13/h6-12,20-21,24-25,30-32,34H,1-5H3/t12-,20+,21-,24-,25-/m0/s1. The Kier molecular flexibility index (Phi) is 8.17. The van der Waals surface area contributed by atoms with Crippen LogP contribution in [-0.2, 0) is 14.2 Å². The Labute approximate surface area is 233 Å². The van der Waals surface area contributed by atoms with Crippen molar-refractivity contribution in [1.29, 1.82) is 0 Å². The Balaban J connectivity index is 1.80. The van der Waals surface area contributed by atoms with Gasteiger partial charge in [0, 0.05) is 45.9 Å². The molecule has 4 rings (SSSR count). The SMILES string of the molecule is C[C@@H]1O[C@@H](Oc2c(-c3ccc(O)cc3)oc3cc(O)cc(O)c3c2=O)[C@H](O)[C@H](OC(=O)N(C)C)[C@H]1OC(=O)N(C)C. The molecule has 0 saturated carbocycles. The third kappa shape index (κ3) is 5.93. The molecule has 14 nitrogen and oxygen atoms in total. The van der Waals surface area contributed by atoms with Crippen LogP contribution in [0.15, 0.2) is 45.6 Å². The van der Waals surface area contributed by atoms with Crippen LogP contribution in [0.1, 0.15) is 6.92 Å². The van der Waals surface area contributed by atoms with E-state index in [0.29, 0.717) is 0 Å². The molecule has 4 N–H and O–H groups in total. The molecule has 1 aliphatic rings. The van der Waals surface area contributed by atoms with Gasteiger partial charge < -0.3 is 53.6 Å². The van der Waals surface area contributed by atoms with E-state index in [1.165, 1.54) is 59.4 Å². The average molecular weight is 575 g/mol. The van der Waals surface area contributed by atoms with Crippen molar-refractivity contribution < 1.29 is 53.4 Å². The van der Waals surface area contributed by atoms with Crippen LogP contribution in [0.4, 0.5) is 9.59 Å². The number of ether oxygens (including phenoxy) is 4. The van der Waals surface area contributed by atoms with E-state index in [0.717, 1.165) is 21.9 Å². The summed E-state index contributed by atoms with van der Waals surface area (Å²) in [4.78, 5) is 40.7. The smallest absolute Gasteiger partial charge is 0.409 e. The van der Waals surface area contributed by atoms with Gasteiger partial charge in [0.1, 0.15) is 28.2 Å². The maximum atomic E-state index is 13.6. The predicted molar refractivity (Wildman–Crippen MR) is 142 cm³/mol. The first kappa shape index (κ1) is 29.3. The number of fused-ring (bicyclic) bond motifs is 1. The first-order valence-corrected chi connectivity index (χ1v) is 12.4. The molecule has 2 amide bonds. The molecule has 1 fully saturated rings. The van der Waals surface area contributed by atoms with Crippen LogP contribution in [0.2, 0.25) is 0 Å². The second-order valence-electron chi connectivity index (χ2n) is 9.78. The van der Waals surface area contributed by atoms with Crippen molar-refractivity contribution in [1.82, 2.24) is 9.80 Å². The average Bonchev–Trinajstić information content (AvgIpc) is 2.89. The highest BCUT2D eigenvalue weighted by molar-refractivity contribution is 5.88. The van der Waals surface area contributed by atoms with Crippen molar-refractivity contribution in [3.05, 3.63) is 46.6 Å². The van der Waals surface area contributed by atoms with Gasteiger partial charge in [-0.25, -0.2) is 9.59 Å². The first-order valence-electron chi connectivity index (χ1n) is 12.4. The van der Waals surface area contributed by atoms with Crippen molar-refractivity contribution in [2.24, 2.45) is 0 Å². The highest BCUT2D eigenvalue weighted by Gasteiger charge is 2.50. The van der Waals surface area contributed by atoms with Gasteiger partial charge >= 0.3 is 12.2 Å². The maximum Gasteiger partial charge on any atom is 0.409 e. The molecule has 2 heterocycles. The van der Waals surface area contributed by atoms with Crippen LogP contribution in [0, 0.1) is 0 Å². The van der Waals surface area contributed by atoms with Gasteiger partial charge in [-0.05, 0) is 31.2 Å². The number of carbonyl (C=O) groups is 2. The molecule has 0 bridgehead atoms. The first-order chi connectivity index (χ1) is 19.3. The molecule has 2 aromatic carbocycles. The Hall–Kier alpha value is -4.69. The van der Waals surface area contributed by atoms with Gasteiger partial charge in [-0.15, -0.1) is 0 Å². The van der Waals surface area contributed by atoms with Gasteiger partial charge in [0.25, 0.3) is 0 Å². The van der Waals surface area contributed by atoms with E-state index in [2.05, 4.69) is 0 Å². The second-order valence-corrected chi connectivity index (χ2v) is 9.78. The Bertz CT molecular complexity index is 1500. The number of hydrogen-bond donors (Lipinski definition) is 4. The van der Waals surface area contributed by atoms with E-state index in [-0.39, 0.29) is 33.8 Å². The summed E-state index contributed by atoms with van der Waals surface area (Å²) < 4.78 is 28.4. The normalized spacial score (nSPS) is 22.1. The number of benzene rings is 2. The van der Waals surface area contributed by atoms with Crippen LogP contribution >= 0.6 is 0 Å². The Morgan fingerprint density at radius 2 is 1.46 bits per heavy atom. The zero-order valence-corrected chi connectivity index (χ0v) is 22.8. The predicted octanol–water partition coefficient (Wildman–Crippen LogP) is 2.19. The molecule has 0 unspecified atom stereocenters. The lowest BCUT2D eigenvalue weighted by atomic mass is 9.99. The quantitative estimate of drug-likeness (QED) is 0.348. The third-order valence-corrected chi connectivity index (χ3v) is 6.24. The molecule has 1 saturated heterocycles. The van der Waals surface area contributed by atoms with Gasteiger partial charge in [0.2, 0.25) is 17.5 Å². The largest absolute Gasteiger partial charge is 0.508 e. The van der Waals surface area contributed by atoms with Gasteiger partial charge in [0.15, 0.2) is 24.1 Å². The monoisotopic (exact) mass is 574 g/mol. The summed E-state index contributed by atoms with van der Waals surface area (Å²) in [6, 6.07) is 7.58. The van der Waals surface area contributed by atoms with Crippen molar-refractivity contribution in [3.8, 4) is 34.3 Å². The summed E-state index contributed by atoms with van der Waals surface area (Å²) >= 11 is 0. The lowest BCUT2D eigenvalue weighted by Gasteiger charge is -2.42. The van der Waals surface area contributed by atoms with E-state index in [4.69, 9.17) is 23.4 Å². The zero-order valence-electron chi connectivity index (χ0n) is 22.8. The van der Waals surface area contributed by atoms with Crippen LogP contribution in [0.5, 0.6) is 23.0 Å². The molecule has 3 aromatic rings. The van der Waals surface area contributed by atoms with Crippen molar-refractivity contribution in [2.75, 3.05) is 28.2 Å². The molecule has 41 heavy (non-hydrogen) atoms. The summed E-state index contributed by atoms with van der Waals surface area (Å²) in [5, 5.41) is 41.0. The number of aliphatic hydroxyl groups is 1. The maximum absolute atomic E-state index is 13.6. The van der Waals surface area contributed by atoms with Crippen LogP contribution in [-0.4, -0.2) is 101 Å². The number of hydrogen-bond acceptors (Lipinski definition) is 12. The number of carbonyl (C=O) groups excluding carboxylic acids is 2. The second kappa shape index (κ2) is 11.4. The summed E-state index contributed by atoms with van der Waals surface area (Å²) in [7, 11) is 5.72. The fourth-order valence-corrected chi connectivity index (χ4v) is 4.12. The number of aromatic hydroxyl groups is 3. The summed E-state index contributed by atoms with van der Waals surface area (Å²) in [6.45, 7) is 1.49. The Morgan fingerprint density at radius 1 is 0.878 bits per heavy atom. The molecule has 220 valence electrons. The van der Waals surface area contributed by atoms with Gasteiger partial charge in [-0.3, -0.25) is 4.79 Å². The van der Waals surface area contributed by atoms with E-state index in [1.54, 1.807) is 0 Å². The molecule has 1 aromatic heterocycles. The number of rotatable bonds is 5. The molecule has 1 aliphatic heterocycles. The van der Waals surface area contributed by atoms with E-state index in [1.807, 2.05) is 0 Å². The zero-order chi connectivity index (χ0) is 30.2. The highest BCUT2D eigenvalue weighted by atomic mass is 16.7. The number of phenols is 3. The minimum atomic E-state index is -1.79. The lowest BCUT2D eigenvalue weighted by molar-refractivity contribution is -0.268. The molecule has 0 radical (unpaired) electrons. The topological polar surface area (TPSA) is 189 Å². The van der Waals surface area contributed by atoms with Crippen molar-refractivity contribution in [2.45, 2.75) is 37.6 Å². The molecular weight excluding hydrogens is 544 g/mol. The minimum absolute atomic E-state index is 0.0710. The summed E-state index contributed by atoms with van der Waals surface area (Å²) in [5.74, 6) is -1.71. The van der Waals surface area contributed by atoms with E-state index < -0.39 is 59.8 Å². The third-order valence-electron chi connectivity index (χ3n) is 6.24. The minimum Gasteiger partial charge on any atom is -0.508 e. The number of nitrogens with zero attached hydrogens (tertiary/aromatic N) is 2. The van der Waals surface area contributed by atoms with Crippen LogP contribution in [0.3, 0.4) is 0 Å². The van der Waals surface area contributed by atoms with Crippen molar-refractivity contribution >= 4 is 23.2 Å². The molecule has 0 spiro atoms. The van der Waals surface area contributed by atoms with E-state index in [9.17, 15) is 34.8 Å². The highest BCUT2D eigenvalue weighted by Crippen LogP contribution is 2.38. The van der Waals surface area contributed by atoms with Crippen LogP contribution in [0.25, 0.3) is 22.3 Å². The lowest BCUT2D eigenvalue weighted by Crippen LogP contribution is -2.61. The van der Waals surface area contributed by atoms with Crippen LogP contribution < -0.4 is 10.2 Å². The summed E-state index contributed by atoms with van der Waals surface area (Å²) in [5.41, 5.74) is -0.792. The number of amides is 2. The number of aliphatic hydroxyl groups excluding tert-OH is 1. The van der Waals surface area contributed by atoms with Gasteiger partial charge in [-0.2, -0.15) is 0 Å². The molecule has 5 atom stereocenters. The molecule has 14 heteroatoms. The molecule has 0 aliphatic carbocycles. The van der Waals surface area contributed by atoms with Crippen molar-refractivity contribution in [3.63, 3.8) is 0 Å². The Morgan fingerprint density at radius 3 is 2.05 bits per heavy atom.